The predicted octanol–water partition coefficient (Wildman–Crippen LogP) is 2.25. The highest BCUT2D eigenvalue weighted by Gasteiger charge is 2.30. The van der Waals surface area contributed by atoms with Crippen LogP contribution in [0.1, 0.15) is 23.2 Å². The number of Topliss-reactive ketones (excluding diaryl/α,β-unsaturated/α-hetero) is 1. The molecule has 11 heteroatoms. The lowest BCUT2D eigenvalue weighted by Crippen LogP contribution is -2.29. The second-order valence-electron chi connectivity index (χ2n) is 6.50. The molecule has 0 aliphatic rings. The van der Waals surface area contributed by atoms with Crippen LogP contribution in [0.25, 0.3) is 16.7 Å². The molecule has 0 radical (unpaired) electrons. The Morgan fingerprint density at radius 1 is 1.13 bits per heavy atom. The summed E-state index contributed by atoms with van der Waals surface area (Å²) in [6, 6.07) is 7.67. The molecular weight excluding hydrogens is 404 g/mol. The zero-order valence-electron chi connectivity index (χ0n) is 16.1. The molecule has 2 aromatic carbocycles. The zero-order chi connectivity index (χ0) is 22.1. The number of nitrogens with zero attached hydrogens (tertiary/aromatic N) is 2. The van der Waals surface area contributed by atoms with Crippen molar-refractivity contribution in [2.45, 2.75) is 19.0 Å². The number of carbonyl (C=O) groups is 1. The van der Waals surface area contributed by atoms with E-state index in [0.29, 0.717) is 16.7 Å². The maximum absolute atomic E-state index is 12.5. The number of alkyl halides is 3. The first-order chi connectivity index (χ1) is 14.1. The van der Waals surface area contributed by atoms with E-state index in [9.17, 15) is 28.0 Å². The Morgan fingerprint density at radius 3 is 2.30 bits per heavy atom. The molecule has 30 heavy (non-hydrogen) atoms. The van der Waals surface area contributed by atoms with Crippen LogP contribution in [0.4, 0.5) is 13.2 Å². The maximum atomic E-state index is 12.5. The minimum Gasteiger partial charge on any atom is -0.496 e. The van der Waals surface area contributed by atoms with Crippen LogP contribution in [0.2, 0.25) is 0 Å². The first kappa shape index (κ1) is 21.7. The SMILES string of the molecule is COc1cc(-n2cnc3cc(B(O)O)ccc32)cc(OC)c1C(=O)CCC(F)(F)F. The zero-order valence-corrected chi connectivity index (χ0v) is 16.1. The van der Waals surface area contributed by atoms with E-state index in [0.717, 1.165) is 0 Å². The molecule has 0 fully saturated rings. The third-order valence-electron chi connectivity index (χ3n) is 4.55. The molecule has 0 spiro atoms. The standard InChI is InChI=1S/C19H18BF3N2O5/c1-29-16-8-12(9-17(30-2)18(16)15(26)5-6-19(21,22)23)25-10-24-13-7-11(20(27)28)3-4-14(13)25/h3-4,7-10,27-28H,5-6H2,1-2H3. The first-order valence-corrected chi connectivity index (χ1v) is 8.84. The third-order valence-corrected chi connectivity index (χ3v) is 4.55. The summed E-state index contributed by atoms with van der Waals surface area (Å²) in [6.07, 6.45) is -4.94. The van der Waals surface area contributed by atoms with Gasteiger partial charge in [0.05, 0.1) is 37.4 Å². The molecule has 0 atom stereocenters. The summed E-state index contributed by atoms with van der Waals surface area (Å²) < 4.78 is 49.7. The Balaban J connectivity index is 2.05. The highest BCUT2D eigenvalue weighted by molar-refractivity contribution is 6.58. The van der Waals surface area contributed by atoms with E-state index in [-0.39, 0.29) is 22.5 Å². The molecule has 0 amide bonds. The summed E-state index contributed by atoms with van der Waals surface area (Å²) in [5, 5.41) is 18.6. The molecule has 1 heterocycles. The molecule has 2 N–H and O–H groups in total. The van der Waals surface area contributed by atoms with E-state index in [2.05, 4.69) is 4.98 Å². The van der Waals surface area contributed by atoms with Gasteiger partial charge in [0.2, 0.25) is 0 Å². The van der Waals surface area contributed by atoms with E-state index in [4.69, 9.17) is 9.47 Å². The van der Waals surface area contributed by atoms with Gasteiger partial charge in [-0.1, -0.05) is 6.07 Å². The Hall–Kier alpha value is -3.05. The fourth-order valence-corrected chi connectivity index (χ4v) is 3.09. The average Bonchev–Trinajstić information content (AvgIpc) is 3.13. The number of ketones is 1. The number of fused-ring (bicyclic) bond motifs is 1. The summed E-state index contributed by atoms with van der Waals surface area (Å²) in [6.45, 7) is 0. The number of aromatic nitrogens is 2. The van der Waals surface area contributed by atoms with Gasteiger partial charge in [0.25, 0.3) is 0 Å². The molecule has 3 aromatic rings. The van der Waals surface area contributed by atoms with Gasteiger partial charge < -0.3 is 19.5 Å². The predicted molar refractivity (Wildman–Crippen MR) is 104 cm³/mol. The number of hydrogen-bond donors (Lipinski definition) is 2. The van der Waals surface area contributed by atoms with Gasteiger partial charge in [0.1, 0.15) is 23.4 Å². The molecule has 0 aliphatic heterocycles. The van der Waals surface area contributed by atoms with Gasteiger partial charge in [-0.2, -0.15) is 13.2 Å². The van der Waals surface area contributed by atoms with Crippen LogP contribution in [0.3, 0.4) is 0 Å². The Morgan fingerprint density at radius 2 is 1.77 bits per heavy atom. The van der Waals surface area contributed by atoms with E-state index >= 15 is 0 Å². The van der Waals surface area contributed by atoms with Crippen molar-refractivity contribution in [3.63, 3.8) is 0 Å². The molecule has 158 valence electrons. The van der Waals surface area contributed by atoms with Crippen molar-refractivity contribution >= 4 is 29.4 Å². The van der Waals surface area contributed by atoms with E-state index in [1.165, 1.54) is 44.8 Å². The molecule has 0 aliphatic carbocycles. The fraction of sp³-hybridized carbons (Fsp3) is 0.263. The molecule has 7 nitrogen and oxygen atoms in total. The van der Waals surface area contributed by atoms with Crippen LogP contribution in [0.15, 0.2) is 36.7 Å². The third kappa shape index (κ3) is 4.41. The van der Waals surface area contributed by atoms with Gasteiger partial charge in [-0.05, 0) is 17.6 Å². The van der Waals surface area contributed by atoms with Crippen molar-refractivity contribution in [2.24, 2.45) is 0 Å². The number of ether oxygens (including phenoxy) is 2. The molecule has 0 bridgehead atoms. The monoisotopic (exact) mass is 422 g/mol. The van der Waals surface area contributed by atoms with Gasteiger partial charge in [-0.3, -0.25) is 9.36 Å². The highest BCUT2D eigenvalue weighted by atomic mass is 19.4. The second-order valence-corrected chi connectivity index (χ2v) is 6.50. The Kier molecular flexibility index (Phi) is 6.04. The van der Waals surface area contributed by atoms with Crippen LogP contribution in [0, 0.1) is 0 Å². The summed E-state index contributed by atoms with van der Waals surface area (Å²) >= 11 is 0. The smallest absolute Gasteiger partial charge is 0.488 e. The Labute approximate surface area is 169 Å². The largest absolute Gasteiger partial charge is 0.496 e. The number of hydrogen-bond acceptors (Lipinski definition) is 6. The molecule has 0 saturated heterocycles. The highest BCUT2D eigenvalue weighted by Crippen LogP contribution is 2.35. The summed E-state index contributed by atoms with van der Waals surface area (Å²) in [7, 11) is 0.974. The van der Waals surface area contributed by atoms with Crippen molar-refractivity contribution in [3.05, 3.63) is 42.2 Å². The average molecular weight is 422 g/mol. The van der Waals surface area contributed by atoms with Crippen molar-refractivity contribution < 1.29 is 37.5 Å². The van der Waals surface area contributed by atoms with Gasteiger partial charge in [-0.15, -0.1) is 0 Å². The lowest BCUT2D eigenvalue weighted by Gasteiger charge is -2.16. The summed E-state index contributed by atoms with van der Waals surface area (Å²) in [5.74, 6) is -0.605. The van der Waals surface area contributed by atoms with E-state index in [1.54, 1.807) is 10.6 Å². The normalized spacial score (nSPS) is 11.6. The lowest BCUT2D eigenvalue weighted by molar-refractivity contribution is -0.133. The number of benzene rings is 2. The molecular formula is C19H18BF3N2O5. The molecule has 1 aromatic heterocycles. The van der Waals surface area contributed by atoms with Crippen LogP contribution in [-0.2, 0) is 0 Å². The van der Waals surface area contributed by atoms with E-state index < -0.39 is 31.9 Å². The van der Waals surface area contributed by atoms with Crippen molar-refractivity contribution in [3.8, 4) is 17.2 Å². The van der Waals surface area contributed by atoms with E-state index in [1.807, 2.05) is 0 Å². The number of rotatable bonds is 7. The number of methoxy groups -OCH3 is 2. The van der Waals surface area contributed by atoms with Gasteiger partial charge in [0.15, 0.2) is 5.78 Å². The Bertz CT molecular complexity index is 1060. The minimum absolute atomic E-state index is 0.0666. The van der Waals surface area contributed by atoms with Crippen LogP contribution >= 0.6 is 0 Å². The molecule has 0 saturated carbocycles. The summed E-state index contributed by atoms with van der Waals surface area (Å²) in [5.41, 5.74) is 1.82. The van der Waals surface area contributed by atoms with Gasteiger partial charge in [-0.25, -0.2) is 4.98 Å². The lowest BCUT2D eigenvalue weighted by atomic mass is 9.80. The van der Waals surface area contributed by atoms with Gasteiger partial charge in [0, 0.05) is 18.6 Å². The van der Waals surface area contributed by atoms with Crippen molar-refractivity contribution in [1.29, 1.82) is 0 Å². The minimum atomic E-state index is -4.45. The molecule has 0 unspecified atom stereocenters. The van der Waals surface area contributed by atoms with Crippen molar-refractivity contribution in [2.75, 3.05) is 14.2 Å². The van der Waals surface area contributed by atoms with Crippen LogP contribution < -0.4 is 14.9 Å². The molecule has 3 rings (SSSR count). The quantitative estimate of drug-likeness (QED) is 0.448. The fourth-order valence-electron chi connectivity index (χ4n) is 3.09. The first-order valence-electron chi connectivity index (χ1n) is 8.84. The summed E-state index contributed by atoms with van der Waals surface area (Å²) in [4.78, 5) is 16.7. The number of imidazole rings is 1. The number of halogens is 3. The maximum Gasteiger partial charge on any atom is 0.488 e. The van der Waals surface area contributed by atoms with Crippen LogP contribution in [-0.4, -0.2) is 52.9 Å². The topological polar surface area (TPSA) is 93.8 Å². The van der Waals surface area contributed by atoms with Crippen molar-refractivity contribution in [1.82, 2.24) is 9.55 Å². The van der Waals surface area contributed by atoms with Gasteiger partial charge >= 0.3 is 13.3 Å². The number of carbonyl (C=O) groups excluding carboxylic acids is 1. The second kappa shape index (κ2) is 8.37. The van der Waals surface area contributed by atoms with Crippen LogP contribution in [0.5, 0.6) is 11.5 Å².